The summed E-state index contributed by atoms with van der Waals surface area (Å²) in [5.74, 6) is 0.963. The number of amides is 1. The summed E-state index contributed by atoms with van der Waals surface area (Å²) in [6.45, 7) is 9.88. The Balaban J connectivity index is 2.01. The molecule has 2 aliphatic heterocycles. The van der Waals surface area contributed by atoms with E-state index < -0.39 is 0 Å². The summed E-state index contributed by atoms with van der Waals surface area (Å²) in [6, 6.07) is 0. The van der Waals surface area contributed by atoms with E-state index in [2.05, 4.69) is 26.1 Å². The van der Waals surface area contributed by atoms with Gasteiger partial charge in [0, 0.05) is 19.0 Å². The van der Waals surface area contributed by atoms with Crippen LogP contribution < -0.4 is 5.32 Å². The summed E-state index contributed by atoms with van der Waals surface area (Å²) in [5, 5.41) is 3.34. The molecule has 2 rings (SSSR count). The van der Waals surface area contributed by atoms with Gasteiger partial charge >= 0.3 is 6.09 Å². The molecule has 2 saturated heterocycles. The molecule has 1 N–H and O–H groups in total. The van der Waals surface area contributed by atoms with E-state index in [4.69, 9.17) is 4.74 Å². The molecule has 0 spiro atoms. The molecule has 0 radical (unpaired) electrons. The topological polar surface area (TPSA) is 41.6 Å². The third-order valence-corrected chi connectivity index (χ3v) is 3.59. The SMILES string of the molecule is CC(C)CN1CC(C)(C2CCNC2)OC1=O. The van der Waals surface area contributed by atoms with Gasteiger partial charge < -0.3 is 15.0 Å². The number of ether oxygens (including phenoxy) is 1. The van der Waals surface area contributed by atoms with Gasteiger partial charge in [-0.3, -0.25) is 0 Å². The quantitative estimate of drug-likeness (QED) is 0.792. The van der Waals surface area contributed by atoms with Crippen molar-refractivity contribution in [2.45, 2.75) is 32.8 Å². The van der Waals surface area contributed by atoms with Crippen LogP contribution in [-0.2, 0) is 4.74 Å². The summed E-state index contributed by atoms with van der Waals surface area (Å²) < 4.78 is 5.59. The zero-order valence-electron chi connectivity index (χ0n) is 10.5. The van der Waals surface area contributed by atoms with Gasteiger partial charge in [-0.1, -0.05) is 13.8 Å². The smallest absolute Gasteiger partial charge is 0.410 e. The Labute approximate surface area is 97.3 Å². The molecule has 2 atom stereocenters. The van der Waals surface area contributed by atoms with Crippen LogP contribution >= 0.6 is 0 Å². The fourth-order valence-electron chi connectivity index (χ4n) is 2.71. The number of cyclic esters (lactones) is 1. The molecule has 4 nitrogen and oxygen atoms in total. The predicted octanol–water partition coefficient (Wildman–Crippen LogP) is 1.46. The standard InChI is InChI=1S/C12H22N2O2/c1-9(2)7-14-8-12(3,16-11(14)15)10-4-5-13-6-10/h9-10,13H,4-8H2,1-3H3. The van der Waals surface area contributed by atoms with E-state index in [0.717, 1.165) is 32.6 Å². The third-order valence-electron chi connectivity index (χ3n) is 3.59. The number of nitrogens with one attached hydrogen (secondary N) is 1. The molecule has 0 aromatic heterocycles. The number of hydrogen-bond donors (Lipinski definition) is 1. The van der Waals surface area contributed by atoms with Gasteiger partial charge in [-0.25, -0.2) is 4.79 Å². The fourth-order valence-corrected chi connectivity index (χ4v) is 2.71. The van der Waals surface area contributed by atoms with Crippen molar-refractivity contribution in [3.8, 4) is 0 Å². The zero-order chi connectivity index (χ0) is 11.8. The van der Waals surface area contributed by atoms with Gasteiger partial charge in [0.1, 0.15) is 5.60 Å². The van der Waals surface area contributed by atoms with Crippen LogP contribution in [0.25, 0.3) is 0 Å². The minimum Gasteiger partial charge on any atom is -0.441 e. The Morgan fingerprint density at radius 3 is 2.94 bits per heavy atom. The van der Waals surface area contributed by atoms with E-state index in [1.165, 1.54) is 0 Å². The van der Waals surface area contributed by atoms with E-state index >= 15 is 0 Å². The lowest BCUT2D eigenvalue weighted by atomic mass is 9.88. The van der Waals surface area contributed by atoms with E-state index in [0.29, 0.717) is 11.8 Å². The molecular weight excluding hydrogens is 204 g/mol. The van der Waals surface area contributed by atoms with Crippen LogP contribution in [0.15, 0.2) is 0 Å². The Morgan fingerprint density at radius 2 is 2.38 bits per heavy atom. The molecule has 2 heterocycles. The highest BCUT2D eigenvalue weighted by Gasteiger charge is 2.47. The number of carbonyl (C=O) groups excluding carboxylic acids is 1. The van der Waals surface area contributed by atoms with Crippen molar-refractivity contribution in [3.05, 3.63) is 0 Å². The van der Waals surface area contributed by atoms with Crippen molar-refractivity contribution >= 4 is 6.09 Å². The maximum Gasteiger partial charge on any atom is 0.410 e. The largest absolute Gasteiger partial charge is 0.441 e. The highest BCUT2D eigenvalue weighted by Crippen LogP contribution is 2.33. The molecule has 0 saturated carbocycles. The van der Waals surface area contributed by atoms with Crippen LogP contribution in [0.2, 0.25) is 0 Å². The second kappa shape index (κ2) is 4.24. The maximum atomic E-state index is 11.8. The van der Waals surface area contributed by atoms with Gasteiger partial charge in [0.15, 0.2) is 0 Å². The minimum absolute atomic E-state index is 0.136. The summed E-state index contributed by atoms with van der Waals surface area (Å²) in [7, 11) is 0. The molecule has 0 bridgehead atoms. The van der Waals surface area contributed by atoms with Crippen molar-refractivity contribution in [2.24, 2.45) is 11.8 Å². The molecule has 2 unspecified atom stereocenters. The molecular formula is C12H22N2O2. The third kappa shape index (κ3) is 2.17. The molecule has 16 heavy (non-hydrogen) atoms. The summed E-state index contributed by atoms with van der Waals surface area (Å²) in [4.78, 5) is 13.6. The van der Waals surface area contributed by atoms with Crippen LogP contribution in [0.5, 0.6) is 0 Å². The Kier molecular flexibility index (Phi) is 3.10. The van der Waals surface area contributed by atoms with Crippen molar-refractivity contribution in [1.29, 1.82) is 0 Å². The van der Waals surface area contributed by atoms with Crippen molar-refractivity contribution in [2.75, 3.05) is 26.2 Å². The summed E-state index contributed by atoms with van der Waals surface area (Å²) >= 11 is 0. The van der Waals surface area contributed by atoms with Crippen LogP contribution in [0.1, 0.15) is 27.2 Å². The second-order valence-corrected chi connectivity index (χ2v) is 5.64. The number of carbonyl (C=O) groups is 1. The second-order valence-electron chi connectivity index (χ2n) is 5.64. The molecule has 92 valence electrons. The van der Waals surface area contributed by atoms with Crippen molar-refractivity contribution in [1.82, 2.24) is 10.2 Å². The summed E-state index contributed by atoms with van der Waals surface area (Å²) in [5.41, 5.74) is -0.282. The van der Waals surface area contributed by atoms with Crippen LogP contribution in [0.3, 0.4) is 0 Å². The van der Waals surface area contributed by atoms with Crippen molar-refractivity contribution < 1.29 is 9.53 Å². The normalized spacial score (nSPS) is 34.9. The van der Waals surface area contributed by atoms with Gasteiger partial charge in [0.25, 0.3) is 0 Å². The molecule has 2 aliphatic rings. The van der Waals surface area contributed by atoms with Gasteiger partial charge in [-0.15, -0.1) is 0 Å². The maximum absolute atomic E-state index is 11.8. The van der Waals surface area contributed by atoms with Crippen LogP contribution in [-0.4, -0.2) is 42.8 Å². The summed E-state index contributed by atoms with van der Waals surface area (Å²) in [6.07, 6.45) is 0.974. The molecule has 2 fully saturated rings. The highest BCUT2D eigenvalue weighted by molar-refractivity contribution is 5.70. The lowest BCUT2D eigenvalue weighted by molar-refractivity contribution is 0.0287. The van der Waals surface area contributed by atoms with Gasteiger partial charge in [-0.05, 0) is 25.8 Å². The Bertz CT molecular complexity index is 274. The van der Waals surface area contributed by atoms with E-state index in [1.807, 2.05) is 4.90 Å². The lowest BCUT2D eigenvalue weighted by Crippen LogP contribution is -2.40. The molecule has 0 aromatic rings. The number of nitrogens with zero attached hydrogens (tertiary/aromatic N) is 1. The van der Waals surface area contributed by atoms with E-state index in [-0.39, 0.29) is 11.7 Å². The first-order chi connectivity index (χ1) is 7.51. The average Bonchev–Trinajstić information content (AvgIpc) is 2.75. The molecule has 0 aliphatic carbocycles. The molecule has 1 amide bonds. The number of hydrogen-bond acceptors (Lipinski definition) is 3. The highest BCUT2D eigenvalue weighted by atomic mass is 16.6. The number of rotatable bonds is 3. The van der Waals surface area contributed by atoms with Gasteiger partial charge in [0.2, 0.25) is 0 Å². The zero-order valence-corrected chi connectivity index (χ0v) is 10.5. The minimum atomic E-state index is -0.282. The van der Waals surface area contributed by atoms with Gasteiger partial charge in [-0.2, -0.15) is 0 Å². The monoisotopic (exact) mass is 226 g/mol. The fraction of sp³-hybridized carbons (Fsp3) is 0.917. The molecule has 0 aromatic carbocycles. The molecule has 4 heteroatoms. The lowest BCUT2D eigenvalue weighted by Gasteiger charge is -2.28. The van der Waals surface area contributed by atoms with Crippen LogP contribution in [0.4, 0.5) is 4.79 Å². The Morgan fingerprint density at radius 1 is 1.62 bits per heavy atom. The van der Waals surface area contributed by atoms with Crippen molar-refractivity contribution in [3.63, 3.8) is 0 Å². The Hall–Kier alpha value is -0.770. The average molecular weight is 226 g/mol. The predicted molar refractivity (Wildman–Crippen MR) is 62.3 cm³/mol. The van der Waals surface area contributed by atoms with Gasteiger partial charge in [0.05, 0.1) is 6.54 Å². The first kappa shape index (κ1) is 11.7. The van der Waals surface area contributed by atoms with Crippen LogP contribution in [0, 0.1) is 11.8 Å². The first-order valence-corrected chi connectivity index (χ1v) is 6.20. The van der Waals surface area contributed by atoms with E-state index in [1.54, 1.807) is 0 Å². The van der Waals surface area contributed by atoms with E-state index in [9.17, 15) is 4.79 Å². The first-order valence-electron chi connectivity index (χ1n) is 6.20.